The molecule has 0 spiro atoms. The molecule has 5 aliphatic rings. The highest BCUT2D eigenvalue weighted by Crippen LogP contribution is 2.48. The van der Waals surface area contributed by atoms with E-state index in [1.165, 1.54) is 19.3 Å². The Morgan fingerprint density at radius 2 is 2.03 bits per heavy atom. The number of carbonyl (C=O) groups is 1. The quantitative estimate of drug-likeness (QED) is 0.523. The Morgan fingerprint density at radius 3 is 2.78 bits per heavy atom. The van der Waals surface area contributed by atoms with E-state index in [1.54, 1.807) is 6.20 Å². The van der Waals surface area contributed by atoms with Crippen LogP contribution in [0.1, 0.15) is 67.7 Å². The average molecular weight is 488 g/mol. The number of anilines is 1. The van der Waals surface area contributed by atoms with Crippen molar-refractivity contribution in [2.24, 2.45) is 23.7 Å². The number of rotatable bonds is 7. The van der Waals surface area contributed by atoms with Crippen LogP contribution >= 0.6 is 0 Å². The van der Waals surface area contributed by atoms with Crippen LogP contribution in [-0.4, -0.2) is 56.8 Å². The van der Waals surface area contributed by atoms with E-state index in [4.69, 9.17) is 9.72 Å². The average Bonchev–Trinajstić information content (AvgIpc) is 3.23. The third kappa shape index (κ3) is 4.08. The van der Waals surface area contributed by atoms with Crippen LogP contribution in [0.5, 0.6) is 5.88 Å². The number of fused-ring (bicyclic) bond motifs is 2. The number of aromatic nitrogens is 5. The van der Waals surface area contributed by atoms with Gasteiger partial charge in [0.2, 0.25) is 11.7 Å². The monoisotopic (exact) mass is 487 g/mol. The Labute approximate surface area is 210 Å². The van der Waals surface area contributed by atoms with Gasteiger partial charge < -0.3 is 15.0 Å². The van der Waals surface area contributed by atoms with Crippen LogP contribution in [0.15, 0.2) is 24.4 Å². The van der Waals surface area contributed by atoms with Gasteiger partial charge in [-0.1, -0.05) is 6.92 Å². The van der Waals surface area contributed by atoms with Gasteiger partial charge in [0.05, 0.1) is 12.3 Å². The van der Waals surface area contributed by atoms with Gasteiger partial charge in [0.15, 0.2) is 5.65 Å². The van der Waals surface area contributed by atoms with Crippen LogP contribution in [0.3, 0.4) is 0 Å². The van der Waals surface area contributed by atoms with Gasteiger partial charge in [-0.05, 0) is 74.3 Å². The molecule has 3 atom stereocenters. The summed E-state index contributed by atoms with van der Waals surface area (Å²) in [7, 11) is 0. The lowest BCUT2D eigenvalue weighted by atomic mass is 9.84. The van der Waals surface area contributed by atoms with Crippen LogP contribution in [0.2, 0.25) is 0 Å². The molecule has 4 saturated carbocycles. The fourth-order valence-electron chi connectivity index (χ4n) is 6.41. The number of pyridine rings is 1. The summed E-state index contributed by atoms with van der Waals surface area (Å²) in [5.74, 6) is 4.40. The zero-order valence-corrected chi connectivity index (χ0v) is 20.7. The molecular weight excluding hydrogens is 454 g/mol. The Bertz CT molecular complexity index is 1280. The molecule has 9 nitrogen and oxygen atoms in total. The van der Waals surface area contributed by atoms with Crippen molar-refractivity contribution >= 4 is 22.8 Å². The molecule has 2 bridgehead atoms. The molecule has 5 fully saturated rings. The minimum absolute atomic E-state index is 0.176. The summed E-state index contributed by atoms with van der Waals surface area (Å²) in [5, 5.41) is 12.0. The lowest BCUT2D eigenvalue weighted by Crippen LogP contribution is -2.38. The summed E-state index contributed by atoms with van der Waals surface area (Å²) in [4.78, 5) is 29.0. The van der Waals surface area contributed by atoms with E-state index in [1.807, 2.05) is 12.1 Å². The van der Waals surface area contributed by atoms with Crippen LogP contribution in [-0.2, 0) is 0 Å². The Kier molecular flexibility index (Phi) is 5.32. The van der Waals surface area contributed by atoms with Gasteiger partial charge in [-0.2, -0.15) is 10.1 Å². The Balaban J connectivity index is 1.08. The highest BCUT2D eigenvalue weighted by Gasteiger charge is 2.45. The molecule has 1 saturated heterocycles. The van der Waals surface area contributed by atoms with E-state index >= 15 is 0 Å². The summed E-state index contributed by atoms with van der Waals surface area (Å²) < 4.78 is 6.07. The smallest absolute Gasteiger partial charge is 0.289 e. The first-order valence-corrected chi connectivity index (χ1v) is 13.5. The molecule has 1 aliphatic heterocycles. The maximum Gasteiger partial charge on any atom is 0.289 e. The molecule has 4 aliphatic carbocycles. The Morgan fingerprint density at radius 1 is 1.19 bits per heavy atom. The molecule has 3 aromatic heterocycles. The number of nitrogens with zero attached hydrogens (tertiary/aromatic N) is 5. The van der Waals surface area contributed by atoms with E-state index in [0.29, 0.717) is 36.2 Å². The van der Waals surface area contributed by atoms with Crippen LogP contribution in [0, 0.1) is 23.7 Å². The molecule has 4 heterocycles. The number of carbonyl (C=O) groups excluding carboxylic acids is 1. The molecule has 36 heavy (non-hydrogen) atoms. The van der Waals surface area contributed by atoms with Gasteiger partial charge in [-0.25, -0.2) is 9.97 Å². The summed E-state index contributed by atoms with van der Waals surface area (Å²) in [6.45, 7) is 4.56. The number of ether oxygens (including phenoxy) is 1. The minimum atomic E-state index is -0.176. The zero-order valence-electron chi connectivity index (χ0n) is 20.7. The molecule has 9 heteroatoms. The van der Waals surface area contributed by atoms with Crippen LogP contribution in [0.25, 0.3) is 11.0 Å². The fraction of sp³-hybridized carbons (Fsp3) is 0.593. The largest absolute Gasteiger partial charge is 0.477 e. The normalized spacial score (nSPS) is 29.2. The number of amides is 1. The van der Waals surface area contributed by atoms with Crippen molar-refractivity contribution < 1.29 is 9.53 Å². The highest BCUT2D eigenvalue weighted by atomic mass is 16.5. The highest BCUT2D eigenvalue weighted by molar-refractivity contribution is 5.91. The zero-order chi connectivity index (χ0) is 24.2. The predicted octanol–water partition coefficient (Wildman–Crippen LogP) is 3.70. The van der Waals surface area contributed by atoms with Crippen molar-refractivity contribution in [2.75, 3.05) is 24.6 Å². The first-order valence-electron chi connectivity index (χ1n) is 13.5. The molecule has 0 radical (unpaired) electrons. The molecule has 1 unspecified atom stereocenters. The number of nitrogens with one attached hydrogen (secondary N) is 2. The second-order valence-electron chi connectivity index (χ2n) is 11.4. The maximum atomic E-state index is 13.2. The van der Waals surface area contributed by atoms with Gasteiger partial charge in [0, 0.05) is 42.7 Å². The number of aromatic amines is 1. The molecule has 2 N–H and O–H groups in total. The van der Waals surface area contributed by atoms with Crippen molar-refractivity contribution in [1.82, 2.24) is 30.5 Å². The minimum Gasteiger partial charge on any atom is -0.477 e. The summed E-state index contributed by atoms with van der Waals surface area (Å²) in [6.07, 6.45) is 8.48. The fourth-order valence-corrected chi connectivity index (χ4v) is 6.41. The van der Waals surface area contributed by atoms with E-state index in [9.17, 15) is 4.79 Å². The molecule has 8 rings (SSSR count). The summed E-state index contributed by atoms with van der Waals surface area (Å²) in [6, 6.07) is 6.22. The number of hydrogen-bond acceptors (Lipinski definition) is 7. The van der Waals surface area contributed by atoms with E-state index in [0.717, 1.165) is 60.8 Å². The van der Waals surface area contributed by atoms with Gasteiger partial charge >= 0.3 is 0 Å². The molecule has 3 aromatic rings. The van der Waals surface area contributed by atoms with Crippen molar-refractivity contribution in [3.8, 4) is 5.88 Å². The second kappa shape index (κ2) is 8.71. The second-order valence-corrected chi connectivity index (χ2v) is 11.4. The van der Waals surface area contributed by atoms with Crippen molar-refractivity contribution in [3.63, 3.8) is 0 Å². The first kappa shape index (κ1) is 22.0. The van der Waals surface area contributed by atoms with Gasteiger partial charge in [-0.15, -0.1) is 0 Å². The van der Waals surface area contributed by atoms with E-state index in [-0.39, 0.29) is 17.8 Å². The maximum absolute atomic E-state index is 13.2. The summed E-state index contributed by atoms with van der Waals surface area (Å²) in [5.41, 5.74) is 1.94. The number of hydrogen-bond donors (Lipinski definition) is 2. The molecule has 188 valence electrons. The van der Waals surface area contributed by atoms with E-state index < -0.39 is 0 Å². The SMILES string of the molecule is C[C@@H]1C[C@@H]1COc1cc(N2CCC(c3n[nH]c4ncccc34)CC2)nc(C(=O)NC2CC3CC2C3)n1. The lowest BCUT2D eigenvalue weighted by Gasteiger charge is -2.32. The topological polar surface area (TPSA) is 109 Å². The third-order valence-corrected chi connectivity index (χ3v) is 8.93. The van der Waals surface area contributed by atoms with Crippen LogP contribution in [0.4, 0.5) is 5.82 Å². The number of H-pyrrole nitrogens is 1. The standard InChI is InChI=1S/C27H33N7O2/c1-15-9-19(15)14-36-23-13-22(30-26(31-23)27(35)29-21-12-16-10-18(21)11-16)34-7-4-17(5-8-34)24-20-3-2-6-28-25(20)33-32-24/h2-3,6,13,15-19,21H,4-5,7-12,14H2,1H3,(H,29,35)(H,28,32,33)/t15-,16?,18?,19-,21?/m1/s1. The van der Waals surface area contributed by atoms with Crippen molar-refractivity contribution in [2.45, 2.75) is 57.4 Å². The van der Waals surface area contributed by atoms with E-state index in [2.05, 4.69) is 43.4 Å². The van der Waals surface area contributed by atoms with Gasteiger partial charge in [0.25, 0.3) is 5.91 Å². The molecular formula is C27H33N7O2. The van der Waals surface area contributed by atoms with Crippen LogP contribution < -0.4 is 15.0 Å². The third-order valence-electron chi connectivity index (χ3n) is 8.93. The van der Waals surface area contributed by atoms with Gasteiger partial charge in [0.1, 0.15) is 5.82 Å². The first-order chi connectivity index (χ1) is 17.6. The Hall–Kier alpha value is -3.23. The molecule has 0 aromatic carbocycles. The van der Waals surface area contributed by atoms with Crippen molar-refractivity contribution in [1.29, 1.82) is 0 Å². The predicted molar refractivity (Wildman–Crippen MR) is 135 cm³/mol. The summed E-state index contributed by atoms with van der Waals surface area (Å²) >= 11 is 0. The lowest BCUT2D eigenvalue weighted by molar-refractivity contribution is 0.0916. The van der Waals surface area contributed by atoms with Gasteiger partial charge in [-0.3, -0.25) is 9.89 Å². The van der Waals surface area contributed by atoms with Crippen molar-refractivity contribution in [3.05, 3.63) is 35.9 Å². The molecule has 1 amide bonds. The number of piperidine rings is 1.